The zero-order valence-corrected chi connectivity index (χ0v) is 9.35. The quantitative estimate of drug-likeness (QED) is 0.575. The van der Waals surface area contributed by atoms with E-state index in [1.54, 1.807) is 5.32 Å². The number of carbonyl (C=O) groups is 1. The number of hydrogen-bond acceptors (Lipinski definition) is 6. The SMILES string of the molecule is CCOC(=O)C1=C(C(F)(F)F)NC(N)([N+]#N)S1. The fourth-order valence-corrected chi connectivity index (χ4v) is 1.97. The van der Waals surface area contributed by atoms with Gasteiger partial charge in [-0.05, 0) is 6.92 Å². The molecule has 0 bridgehead atoms. The molecule has 1 aliphatic heterocycles. The van der Waals surface area contributed by atoms with Gasteiger partial charge in [-0.2, -0.15) is 13.2 Å². The molecule has 1 atom stereocenters. The zero-order valence-electron chi connectivity index (χ0n) is 8.54. The van der Waals surface area contributed by atoms with Gasteiger partial charge in [0, 0.05) is 11.8 Å². The fourth-order valence-electron chi connectivity index (χ4n) is 1.05. The Kier molecular flexibility index (Phi) is 3.53. The first-order valence-electron chi connectivity index (χ1n) is 4.34. The molecule has 0 amide bonds. The van der Waals surface area contributed by atoms with Crippen LogP contribution in [0.4, 0.5) is 13.2 Å². The van der Waals surface area contributed by atoms with Gasteiger partial charge in [-0.25, -0.2) is 10.5 Å². The van der Waals surface area contributed by atoms with Crippen LogP contribution in [-0.4, -0.2) is 23.9 Å². The molecule has 0 aliphatic carbocycles. The number of nitrogens with zero attached hydrogens (tertiary/aromatic N) is 2. The van der Waals surface area contributed by atoms with Crippen LogP contribution in [0.2, 0.25) is 0 Å². The van der Waals surface area contributed by atoms with E-state index in [2.05, 4.69) is 9.71 Å². The lowest BCUT2D eigenvalue weighted by molar-refractivity contribution is -0.138. The van der Waals surface area contributed by atoms with Crippen molar-refractivity contribution < 1.29 is 22.7 Å². The molecule has 3 N–H and O–H groups in total. The van der Waals surface area contributed by atoms with Crippen molar-refractivity contribution in [1.29, 1.82) is 5.39 Å². The molecule has 0 saturated heterocycles. The standard InChI is InChI=1S/C7H7F3N4O2S/c1-2-16-5(15)3-4(6(8,9)10)13-7(11,14-12)17-3/h2,11H2,1H3/p+1. The Morgan fingerprint density at radius 3 is 2.71 bits per heavy atom. The highest BCUT2D eigenvalue weighted by atomic mass is 32.2. The van der Waals surface area contributed by atoms with Gasteiger partial charge >= 0.3 is 17.3 Å². The van der Waals surface area contributed by atoms with Crippen molar-refractivity contribution in [3.8, 4) is 0 Å². The minimum atomic E-state index is -4.82. The predicted octanol–water partition coefficient (Wildman–Crippen LogP) is 1.08. The molecule has 0 aromatic heterocycles. The number of hydrogen-bond donors (Lipinski definition) is 2. The molecule has 17 heavy (non-hydrogen) atoms. The summed E-state index contributed by atoms with van der Waals surface area (Å²) in [5, 5.41) is 8.10. The number of diazo groups is 1. The number of esters is 1. The summed E-state index contributed by atoms with van der Waals surface area (Å²) < 4.78 is 42.2. The first-order valence-corrected chi connectivity index (χ1v) is 5.16. The second-order valence-electron chi connectivity index (χ2n) is 2.95. The van der Waals surface area contributed by atoms with E-state index in [4.69, 9.17) is 11.1 Å². The summed E-state index contributed by atoms with van der Waals surface area (Å²) in [7, 11) is 0. The van der Waals surface area contributed by atoms with Crippen molar-refractivity contribution >= 4 is 17.7 Å². The molecular weight excluding hydrogens is 261 g/mol. The highest BCUT2D eigenvalue weighted by Gasteiger charge is 2.57. The lowest BCUT2D eigenvalue weighted by Gasteiger charge is -2.09. The van der Waals surface area contributed by atoms with Crippen LogP contribution in [0.5, 0.6) is 0 Å². The summed E-state index contributed by atoms with van der Waals surface area (Å²) >= 11 is 0.231. The van der Waals surface area contributed by atoms with Crippen LogP contribution in [0, 0.1) is 5.39 Å². The topological polar surface area (TPSA) is 92.5 Å². The highest BCUT2D eigenvalue weighted by Crippen LogP contribution is 2.43. The van der Waals surface area contributed by atoms with E-state index in [0.29, 0.717) is 0 Å². The molecule has 0 aromatic carbocycles. The Bertz CT molecular complexity index is 416. The molecule has 94 valence electrons. The molecule has 0 fully saturated rings. The molecule has 1 unspecified atom stereocenters. The summed E-state index contributed by atoms with van der Waals surface area (Å²) in [5.41, 5.74) is 3.88. The maximum Gasteiger partial charge on any atom is 0.507 e. The van der Waals surface area contributed by atoms with Gasteiger partial charge in [0.1, 0.15) is 10.6 Å². The third kappa shape index (κ3) is 2.80. The first-order chi connectivity index (χ1) is 7.73. The van der Waals surface area contributed by atoms with E-state index in [-0.39, 0.29) is 18.4 Å². The molecule has 1 heterocycles. The van der Waals surface area contributed by atoms with Gasteiger partial charge in [-0.15, -0.1) is 0 Å². The van der Waals surface area contributed by atoms with E-state index >= 15 is 0 Å². The summed E-state index contributed by atoms with van der Waals surface area (Å²) in [6, 6.07) is 0. The highest BCUT2D eigenvalue weighted by molar-refractivity contribution is 8.05. The van der Waals surface area contributed by atoms with Crippen molar-refractivity contribution in [1.82, 2.24) is 5.32 Å². The second kappa shape index (κ2) is 4.42. The minimum Gasteiger partial charge on any atom is -0.462 e. The predicted molar refractivity (Wildman–Crippen MR) is 52.4 cm³/mol. The Morgan fingerprint density at radius 1 is 1.71 bits per heavy atom. The minimum absolute atomic E-state index is 0.0815. The summed E-state index contributed by atoms with van der Waals surface area (Å²) in [5.74, 6) is -1.17. The molecular formula is C7H8F3N4O2S+. The average molecular weight is 269 g/mol. The van der Waals surface area contributed by atoms with Crippen molar-refractivity contribution in [2.75, 3.05) is 6.61 Å². The van der Waals surface area contributed by atoms with E-state index in [1.807, 2.05) is 0 Å². The fraction of sp³-hybridized carbons (Fsp3) is 0.571. The third-order valence-electron chi connectivity index (χ3n) is 1.68. The van der Waals surface area contributed by atoms with Crippen LogP contribution in [-0.2, 0) is 9.53 Å². The number of allylic oxidation sites excluding steroid dienone is 1. The molecule has 6 nitrogen and oxygen atoms in total. The summed E-state index contributed by atoms with van der Waals surface area (Å²) in [6.07, 6.45) is -4.82. The van der Waals surface area contributed by atoms with E-state index in [1.165, 1.54) is 6.92 Å². The molecule has 0 spiro atoms. The van der Waals surface area contributed by atoms with E-state index in [9.17, 15) is 18.0 Å². The van der Waals surface area contributed by atoms with E-state index < -0.39 is 27.9 Å². The Hall–Kier alpha value is -1.47. The van der Waals surface area contributed by atoms with Gasteiger partial charge in [0.05, 0.1) is 6.61 Å². The van der Waals surface area contributed by atoms with Gasteiger partial charge in [0.25, 0.3) is 0 Å². The van der Waals surface area contributed by atoms with Crippen LogP contribution in [0.15, 0.2) is 10.6 Å². The molecule has 1 aliphatic rings. The van der Waals surface area contributed by atoms with Crippen LogP contribution < -0.4 is 11.1 Å². The number of carbonyl (C=O) groups excluding carboxylic acids is 1. The Labute approximate surface area is 98.0 Å². The summed E-state index contributed by atoms with van der Waals surface area (Å²) in [6.45, 7) is 1.37. The normalized spacial score (nSPS) is 24.2. The monoisotopic (exact) mass is 269 g/mol. The van der Waals surface area contributed by atoms with Crippen LogP contribution >= 0.6 is 11.8 Å². The number of halogens is 3. The number of thioether (sulfide) groups is 1. The van der Waals surface area contributed by atoms with Crippen LogP contribution in [0.3, 0.4) is 0 Å². The van der Waals surface area contributed by atoms with Crippen LogP contribution in [0.25, 0.3) is 4.98 Å². The van der Waals surface area contributed by atoms with Crippen molar-refractivity contribution in [3.63, 3.8) is 0 Å². The van der Waals surface area contributed by atoms with Gasteiger partial charge < -0.3 is 4.74 Å². The van der Waals surface area contributed by atoms with Crippen molar-refractivity contribution in [2.45, 2.75) is 18.2 Å². The van der Waals surface area contributed by atoms with Gasteiger partial charge in [-0.3, -0.25) is 5.32 Å². The average Bonchev–Trinajstić information content (AvgIpc) is 2.58. The Balaban J connectivity index is 3.10. The molecule has 10 heteroatoms. The molecule has 1 rings (SSSR count). The van der Waals surface area contributed by atoms with Gasteiger partial charge in [0.2, 0.25) is 5.39 Å². The zero-order chi connectivity index (χ0) is 13.3. The number of rotatable bonds is 2. The number of nitrogens with one attached hydrogen (secondary N) is 1. The smallest absolute Gasteiger partial charge is 0.462 e. The lowest BCUT2D eigenvalue weighted by atomic mass is 10.3. The molecule has 0 aromatic rings. The number of alkyl halides is 3. The van der Waals surface area contributed by atoms with Crippen LogP contribution in [0.1, 0.15) is 6.92 Å². The molecule has 0 radical (unpaired) electrons. The Morgan fingerprint density at radius 2 is 2.29 bits per heavy atom. The second-order valence-corrected chi connectivity index (χ2v) is 4.18. The third-order valence-corrected chi connectivity index (χ3v) is 2.75. The number of nitrogens with two attached hydrogens (primary N) is 1. The lowest BCUT2D eigenvalue weighted by Crippen LogP contribution is -2.45. The van der Waals surface area contributed by atoms with E-state index in [0.717, 1.165) is 0 Å². The number of ether oxygens (including phenoxy) is 1. The van der Waals surface area contributed by atoms with Crippen molar-refractivity contribution in [3.05, 3.63) is 15.6 Å². The molecule has 0 saturated carbocycles. The largest absolute Gasteiger partial charge is 0.507 e. The maximum absolute atomic E-state index is 12.6. The van der Waals surface area contributed by atoms with Gasteiger partial charge in [-0.1, -0.05) is 0 Å². The first kappa shape index (κ1) is 13.6. The maximum atomic E-state index is 12.6. The summed E-state index contributed by atoms with van der Waals surface area (Å²) in [4.78, 5) is 13.1. The van der Waals surface area contributed by atoms with Gasteiger partial charge in [0.15, 0.2) is 4.98 Å². The van der Waals surface area contributed by atoms with Crippen molar-refractivity contribution in [2.24, 2.45) is 5.73 Å².